The Morgan fingerprint density at radius 3 is 2.49 bits per heavy atom. The lowest BCUT2D eigenvalue weighted by atomic mass is 9.47. The number of allylic oxidation sites excluding steroid dienone is 1. The second-order valence-electron chi connectivity index (χ2n) is 13.4. The van der Waals surface area contributed by atoms with Crippen molar-refractivity contribution >= 4 is 29.5 Å². The zero-order chi connectivity index (χ0) is 29.9. The number of esters is 1. The molecule has 9 nitrogen and oxygen atoms in total. The zero-order valence-electron chi connectivity index (χ0n) is 25.1. The first-order chi connectivity index (χ1) is 19.4. The number of carbonyl (C=O) groups excluding carboxylic acids is 4. The minimum atomic E-state index is -1.10. The highest BCUT2D eigenvalue weighted by atomic mass is 16.5. The van der Waals surface area contributed by atoms with Gasteiger partial charge in [-0.05, 0) is 87.5 Å². The Hall–Kier alpha value is -2.71. The van der Waals surface area contributed by atoms with Crippen LogP contribution in [0.25, 0.3) is 0 Å². The predicted molar refractivity (Wildman–Crippen MR) is 153 cm³/mol. The molecule has 0 unspecified atom stereocenters. The van der Waals surface area contributed by atoms with E-state index in [0.717, 1.165) is 51.4 Å². The quantitative estimate of drug-likeness (QED) is 0.310. The van der Waals surface area contributed by atoms with Gasteiger partial charge in [0.2, 0.25) is 11.8 Å². The summed E-state index contributed by atoms with van der Waals surface area (Å²) in [6.45, 7) is 8.07. The summed E-state index contributed by atoms with van der Waals surface area (Å²) >= 11 is 0. The van der Waals surface area contributed by atoms with Gasteiger partial charge in [0.25, 0.3) is 0 Å². The minimum absolute atomic E-state index is 0.0715. The van der Waals surface area contributed by atoms with Crippen LogP contribution in [0.2, 0.25) is 0 Å². The highest BCUT2D eigenvalue weighted by Gasteiger charge is 2.60. The Morgan fingerprint density at radius 2 is 1.78 bits per heavy atom. The number of carboxylic acids is 1. The second-order valence-corrected chi connectivity index (χ2v) is 13.4. The van der Waals surface area contributed by atoms with Gasteiger partial charge in [-0.25, -0.2) is 4.79 Å². The van der Waals surface area contributed by atoms with Gasteiger partial charge >= 0.3 is 11.9 Å². The first-order valence-electron chi connectivity index (χ1n) is 15.6. The molecule has 0 aliphatic heterocycles. The summed E-state index contributed by atoms with van der Waals surface area (Å²) in [6, 6.07) is -1.91. The monoisotopic (exact) mass is 572 g/mol. The van der Waals surface area contributed by atoms with Crippen LogP contribution in [0.5, 0.6) is 0 Å². The maximum Gasteiger partial charge on any atom is 0.326 e. The maximum absolute atomic E-state index is 12.8. The first-order valence-corrected chi connectivity index (χ1v) is 15.6. The molecule has 0 aromatic rings. The zero-order valence-corrected chi connectivity index (χ0v) is 25.1. The first kappa shape index (κ1) is 31.2. The lowest BCUT2D eigenvalue weighted by Gasteiger charge is -2.57. The molecule has 4 aliphatic rings. The number of carboxylic acid groups (broad SMARTS) is 1. The van der Waals surface area contributed by atoms with Crippen LogP contribution in [0.3, 0.4) is 0 Å². The number of ether oxygens (including phenoxy) is 1. The fourth-order valence-electron chi connectivity index (χ4n) is 8.48. The molecule has 4 rings (SSSR count). The van der Waals surface area contributed by atoms with Crippen LogP contribution in [0.4, 0.5) is 0 Å². The SMILES string of the molecule is CCCC[C@H](NC(=O)[C@@H](C)NC(=O)CCC(=O)O[C@@H]1CC[C@H]2[C@@H]3CCC4=CC(=O)CC[C@]4(C)[C@H]3CC[C@]12C)C(=O)O. The van der Waals surface area contributed by atoms with Gasteiger partial charge in [0.05, 0.1) is 6.42 Å². The molecule has 3 saturated carbocycles. The number of hydrogen-bond acceptors (Lipinski definition) is 6. The number of nitrogens with one attached hydrogen (secondary N) is 2. The summed E-state index contributed by atoms with van der Waals surface area (Å²) in [5.41, 5.74) is 1.38. The molecule has 0 bridgehead atoms. The van der Waals surface area contributed by atoms with Gasteiger partial charge < -0.3 is 20.5 Å². The van der Waals surface area contributed by atoms with E-state index in [1.165, 1.54) is 12.5 Å². The van der Waals surface area contributed by atoms with Gasteiger partial charge in [0, 0.05) is 18.3 Å². The van der Waals surface area contributed by atoms with Crippen LogP contribution >= 0.6 is 0 Å². The fourth-order valence-corrected chi connectivity index (χ4v) is 8.48. The van der Waals surface area contributed by atoms with Crippen molar-refractivity contribution in [3.8, 4) is 0 Å². The van der Waals surface area contributed by atoms with Crippen molar-refractivity contribution in [2.24, 2.45) is 28.6 Å². The average molecular weight is 573 g/mol. The van der Waals surface area contributed by atoms with E-state index in [0.29, 0.717) is 37.0 Å². The van der Waals surface area contributed by atoms with Crippen molar-refractivity contribution in [1.82, 2.24) is 10.6 Å². The van der Waals surface area contributed by atoms with Crippen molar-refractivity contribution in [1.29, 1.82) is 0 Å². The third-order valence-corrected chi connectivity index (χ3v) is 10.9. The number of rotatable bonds is 11. The van der Waals surface area contributed by atoms with Gasteiger partial charge in [-0.15, -0.1) is 0 Å². The van der Waals surface area contributed by atoms with Crippen LogP contribution in [0.15, 0.2) is 11.6 Å². The molecule has 0 spiro atoms. The lowest BCUT2D eigenvalue weighted by molar-refractivity contribution is -0.160. The van der Waals surface area contributed by atoms with E-state index in [4.69, 9.17) is 4.74 Å². The molecule has 0 saturated heterocycles. The third-order valence-electron chi connectivity index (χ3n) is 10.9. The lowest BCUT2D eigenvalue weighted by Crippen LogP contribution is -2.51. The molecule has 0 aromatic heterocycles. The standard InChI is InChI=1S/C32H48N2O7/c1-5-6-7-25(30(39)40)34-29(38)19(2)33-27(36)12-13-28(37)41-26-11-10-23-22-9-8-20-18-21(35)14-16-31(20,3)24(22)15-17-32(23,26)4/h18-19,22-26H,5-17H2,1-4H3,(H,33,36)(H,34,38)(H,39,40)/t19-,22+,23+,24+,25+,26-,31+,32+/m1/s1. The number of amides is 2. The van der Waals surface area contributed by atoms with E-state index < -0.39 is 35.8 Å². The van der Waals surface area contributed by atoms with Gasteiger partial charge in [0.1, 0.15) is 18.2 Å². The molecule has 9 heteroatoms. The van der Waals surface area contributed by atoms with Crippen molar-refractivity contribution < 1.29 is 33.8 Å². The number of aliphatic carboxylic acids is 1. The van der Waals surface area contributed by atoms with E-state index >= 15 is 0 Å². The van der Waals surface area contributed by atoms with Crippen molar-refractivity contribution in [2.45, 2.75) is 129 Å². The Kier molecular flexibility index (Phi) is 9.64. The number of carbonyl (C=O) groups is 5. The summed E-state index contributed by atoms with van der Waals surface area (Å²) in [5, 5.41) is 14.4. The summed E-state index contributed by atoms with van der Waals surface area (Å²) in [4.78, 5) is 61.2. The molecule has 2 amide bonds. The van der Waals surface area contributed by atoms with Crippen molar-refractivity contribution in [2.75, 3.05) is 0 Å². The maximum atomic E-state index is 12.8. The molecule has 41 heavy (non-hydrogen) atoms. The van der Waals surface area contributed by atoms with Gasteiger partial charge in [-0.1, -0.05) is 39.2 Å². The minimum Gasteiger partial charge on any atom is -0.480 e. The average Bonchev–Trinajstić information content (AvgIpc) is 3.25. The largest absolute Gasteiger partial charge is 0.480 e. The Morgan fingerprint density at radius 1 is 1.02 bits per heavy atom. The van der Waals surface area contributed by atoms with E-state index in [1.54, 1.807) is 0 Å². The molecule has 8 atom stereocenters. The number of unbranched alkanes of at least 4 members (excludes halogenated alkanes) is 1. The van der Waals surface area contributed by atoms with Gasteiger partial charge in [0.15, 0.2) is 5.78 Å². The van der Waals surface area contributed by atoms with E-state index in [1.807, 2.05) is 13.0 Å². The van der Waals surface area contributed by atoms with Crippen molar-refractivity contribution in [3.63, 3.8) is 0 Å². The molecule has 0 aromatic carbocycles. The van der Waals surface area contributed by atoms with E-state index in [9.17, 15) is 29.1 Å². The Balaban J connectivity index is 1.26. The molecule has 3 N–H and O–H groups in total. The number of ketones is 1. The topological polar surface area (TPSA) is 139 Å². The highest BCUT2D eigenvalue weighted by molar-refractivity contribution is 5.92. The fraction of sp³-hybridized carbons (Fsp3) is 0.781. The number of hydrogen-bond donors (Lipinski definition) is 3. The molecule has 0 heterocycles. The summed E-state index contributed by atoms with van der Waals surface area (Å²) < 4.78 is 6.01. The Bertz CT molecular complexity index is 1090. The number of fused-ring (bicyclic) bond motifs is 5. The van der Waals surface area contributed by atoms with E-state index in [2.05, 4.69) is 24.5 Å². The van der Waals surface area contributed by atoms with E-state index in [-0.39, 0.29) is 35.6 Å². The van der Waals surface area contributed by atoms with Crippen LogP contribution in [0.1, 0.15) is 111 Å². The molecular formula is C32H48N2O7. The molecular weight excluding hydrogens is 524 g/mol. The van der Waals surface area contributed by atoms with Crippen molar-refractivity contribution in [3.05, 3.63) is 11.6 Å². The predicted octanol–water partition coefficient (Wildman–Crippen LogP) is 4.47. The summed E-state index contributed by atoms with van der Waals surface area (Å²) in [6.07, 6.45) is 11.0. The third kappa shape index (κ3) is 6.54. The van der Waals surface area contributed by atoms with Crippen LogP contribution < -0.4 is 10.6 Å². The van der Waals surface area contributed by atoms with Gasteiger partial charge in [-0.3, -0.25) is 19.2 Å². The summed E-state index contributed by atoms with van der Waals surface area (Å²) in [5.74, 6) is -0.611. The summed E-state index contributed by atoms with van der Waals surface area (Å²) in [7, 11) is 0. The molecule has 3 fully saturated rings. The molecule has 4 aliphatic carbocycles. The molecule has 0 radical (unpaired) electrons. The van der Waals surface area contributed by atoms with Crippen LogP contribution in [-0.4, -0.2) is 52.8 Å². The smallest absolute Gasteiger partial charge is 0.326 e. The van der Waals surface area contributed by atoms with Crippen LogP contribution in [-0.2, 0) is 28.7 Å². The Labute approximate surface area is 243 Å². The van der Waals surface area contributed by atoms with Crippen LogP contribution in [0, 0.1) is 28.6 Å². The normalized spacial score (nSPS) is 33.8. The second kappa shape index (κ2) is 12.7. The highest BCUT2D eigenvalue weighted by Crippen LogP contribution is 2.65. The molecule has 228 valence electrons. The van der Waals surface area contributed by atoms with Gasteiger partial charge in [-0.2, -0.15) is 0 Å².